The van der Waals surface area contributed by atoms with Crippen molar-refractivity contribution in [1.82, 2.24) is 0 Å². The number of hydrogen-bond acceptors (Lipinski definition) is 0. The molecule has 4 rings (SSSR count). The van der Waals surface area contributed by atoms with Crippen molar-refractivity contribution < 1.29 is 44.0 Å². The van der Waals surface area contributed by atoms with Gasteiger partial charge in [0, 0.05) is 0 Å². The molecule has 2 unspecified atom stereocenters. The molecule has 0 nitrogen and oxygen atoms in total. The molecule has 212 valence electrons. The molecule has 2 aromatic rings. The normalized spacial score (nSPS) is 17.2. The van der Waals surface area contributed by atoms with Gasteiger partial charge in [0.25, 0.3) is 0 Å². The minimum Gasteiger partial charge on any atom is -1.00 e. The second-order valence-electron chi connectivity index (χ2n) is 10.8. The quantitative estimate of drug-likeness (QED) is 0.170. The fourth-order valence-corrected chi connectivity index (χ4v) is 16.8. The van der Waals surface area contributed by atoms with E-state index in [0.717, 1.165) is 8.45 Å². The molecule has 0 saturated heterocycles. The Balaban J connectivity index is 0.00000267. The van der Waals surface area contributed by atoms with E-state index in [2.05, 4.69) is 88.4 Å². The van der Waals surface area contributed by atoms with Crippen LogP contribution in [0.1, 0.15) is 110 Å². The summed E-state index contributed by atoms with van der Waals surface area (Å²) in [7, 11) is -0.0337. The van der Waals surface area contributed by atoms with Gasteiger partial charge < -0.3 is 24.8 Å². The molecule has 0 fully saturated rings. The van der Waals surface area contributed by atoms with E-state index >= 15 is 0 Å². The van der Waals surface area contributed by atoms with E-state index in [1.807, 2.05) is 10.6 Å². The molecule has 2 aromatic carbocycles. The van der Waals surface area contributed by atoms with Crippen LogP contribution < -0.4 is 24.8 Å². The van der Waals surface area contributed by atoms with Crippen LogP contribution in [0.2, 0.25) is 0 Å². The third-order valence-corrected chi connectivity index (χ3v) is 17.4. The van der Waals surface area contributed by atoms with Gasteiger partial charge in [-0.15, -0.1) is 0 Å². The first-order valence-electron chi connectivity index (χ1n) is 15.1. The first-order chi connectivity index (χ1) is 18.2. The van der Waals surface area contributed by atoms with Crippen molar-refractivity contribution in [2.24, 2.45) is 0 Å². The summed E-state index contributed by atoms with van der Waals surface area (Å²) in [4.78, 5) is 0. The molecule has 2 aliphatic rings. The van der Waals surface area contributed by atoms with Gasteiger partial charge >= 0.3 is 241 Å². The summed E-state index contributed by atoms with van der Waals surface area (Å²) in [6, 6.07) is 18.9. The third-order valence-electron chi connectivity index (χ3n) is 8.00. The number of benzene rings is 2. The van der Waals surface area contributed by atoms with Gasteiger partial charge in [-0.2, -0.15) is 0 Å². The SMILES string of the molecule is CCCCP(CCCC)C1=Cc2ccccc2[CH]1[Ti+2][CH]1C(P(CCCC)CCCC)=Cc2ccccc21.[Cl-].[Cl-]. The molecule has 5 heteroatoms. The minimum atomic E-state index is -0.260. The maximum absolute atomic E-state index is 2.68. The average Bonchev–Trinajstić information content (AvgIpc) is 3.48. The summed E-state index contributed by atoms with van der Waals surface area (Å²) in [5, 5.41) is 3.77. The summed E-state index contributed by atoms with van der Waals surface area (Å²) in [5.41, 5.74) is 6.44. The molecule has 2 atom stereocenters. The van der Waals surface area contributed by atoms with Crippen LogP contribution in [0, 0.1) is 0 Å². The minimum absolute atomic E-state index is 0. The molecule has 0 saturated carbocycles. The Morgan fingerprint density at radius 2 is 0.872 bits per heavy atom. The largest absolute Gasteiger partial charge is 1.00 e. The number of rotatable bonds is 16. The van der Waals surface area contributed by atoms with Gasteiger partial charge in [-0.25, -0.2) is 0 Å². The molecule has 0 amide bonds. The van der Waals surface area contributed by atoms with Crippen molar-refractivity contribution in [3.05, 3.63) is 81.4 Å². The maximum atomic E-state index is 2.68. The average molecular weight is 637 g/mol. The molecule has 39 heavy (non-hydrogen) atoms. The van der Waals surface area contributed by atoms with Gasteiger partial charge in [0.15, 0.2) is 0 Å². The van der Waals surface area contributed by atoms with E-state index in [9.17, 15) is 0 Å². The van der Waals surface area contributed by atoms with Crippen LogP contribution >= 0.6 is 15.8 Å². The van der Waals surface area contributed by atoms with Crippen molar-refractivity contribution in [3.8, 4) is 0 Å². The van der Waals surface area contributed by atoms with Crippen molar-refractivity contribution in [2.75, 3.05) is 24.6 Å². The molecule has 0 spiro atoms. The first-order valence-corrected chi connectivity index (χ1v) is 20.3. The van der Waals surface area contributed by atoms with E-state index < -0.39 is 0 Å². The van der Waals surface area contributed by atoms with E-state index in [-0.39, 0.29) is 59.8 Å². The Kier molecular flexibility index (Phi) is 16.8. The molecule has 0 radical (unpaired) electrons. The predicted octanol–water partition coefficient (Wildman–Crippen LogP) is 5.43. The molecular weight excluding hydrogens is 589 g/mol. The second kappa shape index (κ2) is 18.6. The van der Waals surface area contributed by atoms with Crippen LogP contribution in [-0.2, 0) is 19.2 Å². The van der Waals surface area contributed by atoms with Crippen LogP contribution in [0.15, 0.2) is 59.2 Å². The standard InChI is InChI=1S/2C17H24P.2ClH.Ti/c2*1-3-5-11-18(12-6-4-2)17-13-15-9-7-8-10-16(15)14-17;;;/h2*7-10,13-14H,3-6,11-12H2,1-2H3;2*1H;/q;;;;+2/p-2. The van der Waals surface area contributed by atoms with Gasteiger partial charge in [0.05, 0.1) is 0 Å². The number of hydrogen-bond donors (Lipinski definition) is 0. The van der Waals surface area contributed by atoms with Gasteiger partial charge in [-0.05, 0) is 0 Å². The Hall–Kier alpha value is 0.0743. The summed E-state index contributed by atoms with van der Waals surface area (Å²) in [6.07, 6.45) is 22.0. The van der Waals surface area contributed by atoms with E-state index in [0.29, 0.717) is 0 Å². The van der Waals surface area contributed by atoms with Gasteiger partial charge in [0.2, 0.25) is 0 Å². The van der Waals surface area contributed by atoms with Crippen LogP contribution in [0.4, 0.5) is 0 Å². The van der Waals surface area contributed by atoms with Crippen LogP contribution in [0.3, 0.4) is 0 Å². The third kappa shape index (κ3) is 9.03. The Morgan fingerprint density at radius 1 is 0.538 bits per heavy atom. The summed E-state index contributed by atoms with van der Waals surface area (Å²) >= 11 is -0.260. The summed E-state index contributed by atoms with van der Waals surface area (Å²) in [6.45, 7) is 9.49. The zero-order valence-electron chi connectivity index (χ0n) is 24.6. The number of unbranched alkanes of at least 4 members (excludes halogenated alkanes) is 4. The van der Waals surface area contributed by atoms with Gasteiger partial charge in [0.1, 0.15) is 0 Å². The molecule has 0 N–H and O–H groups in total. The first kappa shape index (κ1) is 35.3. The number of allylic oxidation sites excluding steroid dienone is 2. The predicted molar refractivity (Wildman–Crippen MR) is 167 cm³/mol. The molecule has 0 aromatic heterocycles. The molecule has 0 aliphatic heterocycles. The van der Waals surface area contributed by atoms with Crippen molar-refractivity contribution in [1.29, 1.82) is 0 Å². The van der Waals surface area contributed by atoms with E-state index in [1.165, 1.54) is 76.0 Å². The Morgan fingerprint density at radius 3 is 1.21 bits per heavy atom. The number of halogens is 2. The van der Waals surface area contributed by atoms with Crippen LogP contribution in [0.25, 0.3) is 12.2 Å². The summed E-state index contributed by atoms with van der Waals surface area (Å²) < 4.78 is 1.45. The fraction of sp³-hybridized carbons (Fsp3) is 0.529. The molecular formula is C34H48Cl2P2Ti. The molecule has 0 heterocycles. The number of fused-ring (bicyclic) bond motifs is 2. The maximum Gasteiger partial charge on any atom is -1.00 e. The molecule has 2 aliphatic carbocycles. The van der Waals surface area contributed by atoms with Crippen molar-refractivity contribution in [2.45, 2.75) is 87.5 Å². The van der Waals surface area contributed by atoms with Gasteiger partial charge in [-0.3, -0.25) is 0 Å². The van der Waals surface area contributed by atoms with Crippen LogP contribution in [0.5, 0.6) is 0 Å². The topological polar surface area (TPSA) is 0 Å². The van der Waals surface area contributed by atoms with E-state index in [1.54, 1.807) is 22.3 Å². The van der Waals surface area contributed by atoms with Gasteiger partial charge in [-0.1, -0.05) is 0 Å². The second-order valence-corrected chi connectivity index (χ2v) is 18.1. The van der Waals surface area contributed by atoms with E-state index in [4.69, 9.17) is 0 Å². The summed E-state index contributed by atoms with van der Waals surface area (Å²) in [5.74, 6) is 0. The zero-order valence-corrected chi connectivity index (χ0v) is 29.4. The van der Waals surface area contributed by atoms with Crippen molar-refractivity contribution in [3.63, 3.8) is 0 Å². The van der Waals surface area contributed by atoms with Crippen molar-refractivity contribution >= 4 is 28.0 Å². The molecule has 0 bridgehead atoms. The van der Waals surface area contributed by atoms with Crippen LogP contribution in [-0.4, -0.2) is 24.6 Å². The smallest absolute Gasteiger partial charge is 1.00 e. The Labute approximate surface area is 263 Å². The fourth-order valence-electron chi connectivity index (χ4n) is 5.82. The zero-order chi connectivity index (χ0) is 26.0. The Bertz CT molecular complexity index is 967. The monoisotopic (exact) mass is 636 g/mol.